The maximum atomic E-state index is 13.8. The number of likely N-dealkylation sites (tertiary alicyclic amines) is 1. The van der Waals surface area contributed by atoms with Crippen LogP contribution in [0.2, 0.25) is 0 Å². The molecule has 0 radical (unpaired) electrons. The summed E-state index contributed by atoms with van der Waals surface area (Å²) in [6.45, 7) is 9.38. The lowest BCUT2D eigenvalue weighted by Gasteiger charge is -2.35. The zero-order valence-electron chi connectivity index (χ0n) is 29.1. The summed E-state index contributed by atoms with van der Waals surface area (Å²) in [5.74, 6) is 10.2. The molecule has 3 amide bonds. The average Bonchev–Trinajstić information content (AvgIpc) is 3.70. The molecule has 4 atom stereocenters. The molecule has 2 aromatic carbocycles. The van der Waals surface area contributed by atoms with Crippen LogP contribution in [0.1, 0.15) is 57.0 Å². The first-order chi connectivity index (χ1) is 23.8. The van der Waals surface area contributed by atoms with Gasteiger partial charge in [0.25, 0.3) is 0 Å². The van der Waals surface area contributed by atoms with Crippen molar-refractivity contribution in [3.8, 4) is 39.9 Å². The fourth-order valence-electron chi connectivity index (χ4n) is 5.33. The van der Waals surface area contributed by atoms with Crippen molar-refractivity contribution in [2.75, 3.05) is 26.4 Å². The maximum Gasteiger partial charge on any atom is 0.246 e. The van der Waals surface area contributed by atoms with Crippen molar-refractivity contribution in [2.24, 2.45) is 11.1 Å². The third-order valence-electron chi connectivity index (χ3n) is 8.07. The molecule has 0 spiro atoms. The summed E-state index contributed by atoms with van der Waals surface area (Å²) in [6, 6.07) is 13.4. The molecule has 1 saturated heterocycles. The zero-order valence-corrected chi connectivity index (χ0v) is 29.9. The standard InChI is InChI=1S/C38H45N5O6S/c1-25(39)28-14-16-31(17-15-28)49-19-9-7-6-8-18-48-23-33(45)42-35(38(3,4)5)37(47)43-22-30(44)20-32(43)36(46)40-21-27-10-12-29(13-11-27)34-26(2)41-24-50-34/h10-17,24-25,30,32,35,44H,18-23,39H2,1-5H3,(H,40,46)(H,42,45)/t25-,30-,32+,35-/m1/s1. The minimum absolute atomic E-state index is 0.0136. The van der Waals surface area contributed by atoms with E-state index in [-0.39, 0.29) is 51.3 Å². The van der Waals surface area contributed by atoms with Crippen LogP contribution in [-0.2, 0) is 25.7 Å². The zero-order chi connectivity index (χ0) is 36.3. The molecule has 11 nitrogen and oxygen atoms in total. The number of benzene rings is 2. The van der Waals surface area contributed by atoms with Crippen molar-refractivity contribution in [3.05, 3.63) is 70.9 Å². The second-order valence-corrected chi connectivity index (χ2v) is 14.0. The Morgan fingerprint density at radius 3 is 2.38 bits per heavy atom. The predicted molar refractivity (Wildman–Crippen MR) is 193 cm³/mol. The molecule has 0 saturated carbocycles. The number of carbonyl (C=O) groups excluding carboxylic acids is 3. The number of carbonyl (C=O) groups is 3. The summed E-state index contributed by atoms with van der Waals surface area (Å²) in [5.41, 5.74) is 10.9. The van der Waals surface area contributed by atoms with Gasteiger partial charge < -0.3 is 35.8 Å². The number of thiazole rings is 1. The Hall–Kier alpha value is -4.72. The number of nitrogens with two attached hydrogens (primary N) is 1. The summed E-state index contributed by atoms with van der Waals surface area (Å²) in [5, 5.41) is 16.1. The van der Waals surface area contributed by atoms with Gasteiger partial charge in [-0.3, -0.25) is 14.4 Å². The summed E-state index contributed by atoms with van der Waals surface area (Å²) in [6.07, 6.45) is -0.763. The van der Waals surface area contributed by atoms with E-state index in [9.17, 15) is 19.5 Å². The van der Waals surface area contributed by atoms with Gasteiger partial charge in [0.05, 0.1) is 22.2 Å². The Morgan fingerprint density at radius 2 is 1.76 bits per heavy atom. The molecule has 1 aliphatic heterocycles. The number of nitrogens with zero attached hydrogens (tertiary/aromatic N) is 2. The van der Waals surface area contributed by atoms with Gasteiger partial charge in [-0.25, -0.2) is 4.98 Å². The minimum atomic E-state index is -0.964. The lowest BCUT2D eigenvalue weighted by atomic mass is 9.85. The molecular formula is C38H45N5O6S. The second-order valence-electron chi connectivity index (χ2n) is 13.2. The third kappa shape index (κ3) is 10.9. The Labute approximate surface area is 297 Å². The van der Waals surface area contributed by atoms with Crippen LogP contribution in [-0.4, -0.2) is 77.3 Å². The average molecular weight is 700 g/mol. The fourth-order valence-corrected chi connectivity index (χ4v) is 6.14. The molecule has 0 bridgehead atoms. The molecule has 5 N–H and O–H groups in total. The van der Waals surface area contributed by atoms with Crippen LogP contribution < -0.4 is 21.1 Å². The van der Waals surface area contributed by atoms with Crippen molar-refractivity contribution in [1.82, 2.24) is 20.5 Å². The van der Waals surface area contributed by atoms with E-state index in [0.717, 1.165) is 27.3 Å². The number of hydrogen-bond acceptors (Lipinski definition) is 9. The van der Waals surface area contributed by atoms with Gasteiger partial charge in [0.1, 0.15) is 37.7 Å². The van der Waals surface area contributed by atoms with Gasteiger partial charge in [0, 0.05) is 25.6 Å². The number of amides is 3. The van der Waals surface area contributed by atoms with E-state index in [0.29, 0.717) is 5.75 Å². The van der Waals surface area contributed by atoms with Crippen LogP contribution >= 0.6 is 11.3 Å². The number of aryl methyl sites for hydroxylation is 1. The molecule has 3 aromatic rings. The van der Waals surface area contributed by atoms with E-state index in [2.05, 4.69) is 39.3 Å². The number of ether oxygens (including phenoxy) is 2. The highest BCUT2D eigenvalue weighted by atomic mass is 32.1. The third-order valence-corrected chi connectivity index (χ3v) is 9.05. The smallest absolute Gasteiger partial charge is 0.246 e. The van der Waals surface area contributed by atoms with E-state index in [1.807, 2.05) is 88.7 Å². The van der Waals surface area contributed by atoms with Crippen LogP contribution in [0.5, 0.6) is 5.75 Å². The molecule has 1 aliphatic rings. The van der Waals surface area contributed by atoms with Gasteiger partial charge in [-0.2, -0.15) is 0 Å². The lowest BCUT2D eigenvalue weighted by Crippen LogP contribution is -2.58. The monoisotopic (exact) mass is 699 g/mol. The Balaban J connectivity index is 1.24. The number of β-amino-alcohol motifs (C(OH)–C–C–N with tert-alkyl or cyclic N) is 1. The Kier molecular flexibility index (Phi) is 13.6. The largest absolute Gasteiger partial charge is 0.481 e. The molecule has 12 heteroatoms. The summed E-state index contributed by atoms with van der Waals surface area (Å²) >= 11 is 1.57. The van der Waals surface area contributed by atoms with Gasteiger partial charge in [-0.15, -0.1) is 11.3 Å². The lowest BCUT2D eigenvalue weighted by molar-refractivity contribution is -0.144. The van der Waals surface area contributed by atoms with E-state index < -0.39 is 35.4 Å². The van der Waals surface area contributed by atoms with E-state index in [1.165, 1.54) is 4.90 Å². The van der Waals surface area contributed by atoms with Gasteiger partial charge >= 0.3 is 0 Å². The van der Waals surface area contributed by atoms with Crippen LogP contribution in [0.25, 0.3) is 10.4 Å². The maximum absolute atomic E-state index is 13.8. The molecule has 1 fully saturated rings. The van der Waals surface area contributed by atoms with E-state index in [1.54, 1.807) is 11.3 Å². The molecular weight excluding hydrogens is 655 g/mol. The summed E-state index contributed by atoms with van der Waals surface area (Å²) in [7, 11) is 0. The molecule has 50 heavy (non-hydrogen) atoms. The number of aliphatic hydroxyl groups is 1. The van der Waals surface area contributed by atoms with Crippen molar-refractivity contribution in [1.29, 1.82) is 0 Å². The highest BCUT2D eigenvalue weighted by Gasteiger charge is 2.44. The van der Waals surface area contributed by atoms with Crippen LogP contribution in [0.15, 0.2) is 54.0 Å². The van der Waals surface area contributed by atoms with E-state index >= 15 is 0 Å². The van der Waals surface area contributed by atoms with Crippen molar-refractivity contribution >= 4 is 29.1 Å². The van der Waals surface area contributed by atoms with Gasteiger partial charge in [-0.1, -0.05) is 63.1 Å². The fraction of sp³-hybridized carbons (Fsp3) is 0.421. The number of aliphatic hydroxyl groups excluding tert-OH is 1. The molecule has 2 heterocycles. The highest BCUT2D eigenvalue weighted by molar-refractivity contribution is 7.13. The number of nitrogens with one attached hydrogen (secondary N) is 2. The first kappa shape index (κ1) is 38.1. The molecule has 4 rings (SSSR count). The molecule has 0 aliphatic carbocycles. The SMILES string of the molecule is Cc1ncsc1-c1ccc(CNC(=O)[C@@H]2C[C@@H](O)CN2C(=O)[C@@H](NC(=O)COCC#CC#CCOc2ccc([C@@H](C)N)cc2)C(C)(C)C)cc1. The first-order valence-corrected chi connectivity index (χ1v) is 17.3. The predicted octanol–water partition coefficient (Wildman–Crippen LogP) is 3.35. The van der Waals surface area contributed by atoms with Crippen LogP contribution in [0.4, 0.5) is 0 Å². The molecule has 0 unspecified atom stereocenters. The normalized spacial score (nSPS) is 16.7. The quantitative estimate of drug-likeness (QED) is 0.166. The van der Waals surface area contributed by atoms with Crippen LogP contribution in [0, 0.1) is 36.0 Å². The van der Waals surface area contributed by atoms with E-state index in [4.69, 9.17) is 15.2 Å². The van der Waals surface area contributed by atoms with Crippen molar-refractivity contribution in [2.45, 2.75) is 71.8 Å². The number of rotatable bonds is 12. The Bertz CT molecular complexity index is 1740. The van der Waals surface area contributed by atoms with Crippen molar-refractivity contribution in [3.63, 3.8) is 0 Å². The summed E-state index contributed by atoms with van der Waals surface area (Å²) < 4.78 is 10.9. The Morgan fingerprint density at radius 1 is 1.08 bits per heavy atom. The van der Waals surface area contributed by atoms with Crippen LogP contribution in [0.3, 0.4) is 0 Å². The molecule has 1 aromatic heterocycles. The van der Waals surface area contributed by atoms with Gasteiger partial charge in [0.2, 0.25) is 17.7 Å². The topological polar surface area (TPSA) is 156 Å². The second kappa shape index (κ2) is 17.8. The number of hydrogen-bond donors (Lipinski definition) is 4. The highest BCUT2D eigenvalue weighted by Crippen LogP contribution is 2.28. The first-order valence-electron chi connectivity index (χ1n) is 16.4. The van der Waals surface area contributed by atoms with Gasteiger partial charge in [0.15, 0.2) is 0 Å². The summed E-state index contributed by atoms with van der Waals surface area (Å²) in [4.78, 5) is 46.6. The van der Waals surface area contributed by atoms with Gasteiger partial charge in [-0.05, 0) is 65.8 Å². The van der Waals surface area contributed by atoms with Crippen molar-refractivity contribution < 1.29 is 29.0 Å². The number of aromatic nitrogens is 1. The minimum Gasteiger partial charge on any atom is -0.481 e. The molecule has 264 valence electrons.